The van der Waals surface area contributed by atoms with Crippen LogP contribution < -0.4 is 9.64 Å². The molecule has 1 aromatic heterocycles. The number of hydrogen-bond acceptors (Lipinski definition) is 5. The smallest absolute Gasteiger partial charge is 0.257 e. The van der Waals surface area contributed by atoms with Gasteiger partial charge in [0, 0.05) is 35.2 Å². The largest absolute Gasteiger partial charge is 0.497 e. The Morgan fingerprint density at radius 2 is 1.88 bits per heavy atom. The summed E-state index contributed by atoms with van der Waals surface area (Å²) in [6.45, 7) is 0.516. The summed E-state index contributed by atoms with van der Waals surface area (Å²) in [5, 5.41) is 4.71. The molecule has 132 valence electrons. The molecule has 0 unspecified atom stereocenters. The van der Waals surface area contributed by atoms with E-state index in [0.717, 1.165) is 17.0 Å². The number of benzene rings is 2. The summed E-state index contributed by atoms with van der Waals surface area (Å²) in [4.78, 5) is 18.6. The topological polar surface area (TPSA) is 68.5 Å². The maximum absolute atomic E-state index is 12.4. The second-order valence-corrected chi connectivity index (χ2v) is 6.50. The van der Waals surface area contributed by atoms with Crippen LogP contribution in [0.15, 0.2) is 53.1 Å². The second-order valence-electron chi connectivity index (χ2n) is 6.07. The van der Waals surface area contributed by atoms with Gasteiger partial charge in [-0.2, -0.15) is 4.98 Å². The molecule has 1 saturated heterocycles. The number of aromatic nitrogens is 2. The Hall–Kier alpha value is -2.86. The van der Waals surface area contributed by atoms with Crippen molar-refractivity contribution >= 4 is 23.2 Å². The summed E-state index contributed by atoms with van der Waals surface area (Å²) in [7, 11) is 1.61. The fraction of sp³-hybridized carbons (Fsp3) is 0.211. The van der Waals surface area contributed by atoms with Gasteiger partial charge in [0.2, 0.25) is 5.91 Å². The minimum absolute atomic E-state index is 0.0353. The molecule has 7 heteroatoms. The highest BCUT2D eigenvalue weighted by atomic mass is 35.5. The van der Waals surface area contributed by atoms with E-state index in [0.29, 0.717) is 29.7 Å². The average Bonchev–Trinajstić information content (AvgIpc) is 3.29. The molecule has 0 saturated carbocycles. The van der Waals surface area contributed by atoms with Crippen LogP contribution in [0, 0.1) is 0 Å². The molecule has 1 aliphatic heterocycles. The van der Waals surface area contributed by atoms with Crippen molar-refractivity contribution < 1.29 is 14.1 Å². The van der Waals surface area contributed by atoms with Crippen molar-refractivity contribution in [3.63, 3.8) is 0 Å². The lowest BCUT2D eigenvalue weighted by atomic mass is 10.1. The normalized spacial score (nSPS) is 16.9. The monoisotopic (exact) mass is 369 g/mol. The number of halogens is 1. The van der Waals surface area contributed by atoms with Crippen LogP contribution in [0.5, 0.6) is 5.75 Å². The predicted molar refractivity (Wildman–Crippen MR) is 97.4 cm³/mol. The number of nitrogens with zero attached hydrogens (tertiary/aromatic N) is 3. The molecule has 0 radical (unpaired) electrons. The zero-order valence-electron chi connectivity index (χ0n) is 14.1. The fourth-order valence-corrected chi connectivity index (χ4v) is 3.13. The molecule has 1 atom stereocenters. The molecule has 2 heterocycles. The molecule has 2 aromatic carbocycles. The van der Waals surface area contributed by atoms with Gasteiger partial charge in [0.25, 0.3) is 5.89 Å². The van der Waals surface area contributed by atoms with E-state index in [2.05, 4.69) is 10.1 Å². The first-order chi connectivity index (χ1) is 12.6. The Labute approximate surface area is 155 Å². The predicted octanol–water partition coefficient (Wildman–Crippen LogP) is 3.92. The zero-order valence-corrected chi connectivity index (χ0v) is 14.8. The third kappa shape index (κ3) is 3.15. The van der Waals surface area contributed by atoms with Gasteiger partial charge in [-0.1, -0.05) is 16.8 Å². The minimum Gasteiger partial charge on any atom is -0.497 e. The first-order valence-electron chi connectivity index (χ1n) is 8.18. The minimum atomic E-state index is -0.103. The summed E-state index contributed by atoms with van der Waals surface area (Å²) < 4.78 is 10.5. The molecule has 4 rings (SSSR count). The van der Waals surface area contributed by atoms with E-state index in [4.69, 9.17) is 20.9 Å². The zero-order chi connectivity index (χ0) is 18.1. The highest BCUT2D eigenvalue weighted by molar-refractivity contribution is 6.30. The van der Waals surface area contributed by atoms with Crippen LogP contribution in [-0.2, 0) is 4.79 Å². The fourth-order valence-electron chi connectivity index (χ4n) is 3.00. The van der Waals surface area contributed by atoms with Crippen molar-refractivity contribution in [2.75, 3.05) is 18.6 Å². The van der Waals surface area contributed by atoms with E-state index in [9.17, 15) is 4.79 Å². The van der Waals surface area contributed by atoms with Crippen LogP contribution >= 0.6 is 11.6 Å². The first-order valence-corrected chi connectivity index (χ1v) is 8.56. The Kier molecular flexibility index (Phi) is 4.34. The van der Waals surface area contributed by atoms with Crippen molar-refractivity contribution in [1.82, 2.24) is 10.1 Å². The van der Waals surface area contributed by atoms with Gasteiger partial charge in [0.15, 0.2) is 5.82 Å². The average molecular weight is 370 g/mol. The lowest BCUT2D eigenvalue weighted by molar-refractivity contribution is -0.117. The second kappa shape index (κ2) is 6.80. The first kappa shape index (κ1) is 16.6. The summed E-state index contributed by atoms with van der Waals surface area (Å²) in [6, 6.07) is 14.6. The van der Waals surface area contributed by atoms with Gasteiger partial charge in [-0.25, -0.2) is 0 Å². The van der Waals surface area contributed by atoms with Crippen LogP contribution in [-0.4, -0.2) is 29.7 Å². The highest BCUT2D eigenvalue weighted by Crippen LogP contribution is 2.32. The van der Waals surface area contributed by atoms with Gasteiger partial charge < -0.3 is 14.2 Å². The molecular formula is C19H16ClN3O3. The lowest BCUT2D eigenvalue weighted by Gasteiger charge is -2.16. The number of carbonyl (C=O) groups is 1. The van der Waals surface area contributed by atoms with Gasteiger partial charge in [-0.15, -0.1) is 0 Å². The van der Waals surface area contributed by atoms with Gasteiger partial charge in [0.1, 0.15) is 5.75 Å². The van der Waals surface area contributed by atoms with Crippen molar-refractivity contribution in [2.24, 2.45) is 0 Å². The maximum Gasteiger partial charge on any atom is 0.257 e. The van der Waals surface area contributed by atoms with Crippen LogP contribution in [0.1, 0.15) is 18.2 Å². The highest BCUT2D eigenvalue weighted by Gasteiger charge is 2.34. The van der Waals surface area contributed by atoms with Crippen LogP contribution in [0.4, 0.5) is 5.69 Å². The Balaban J connectivity index is 1.52. The SMILES string of the molecule is COc1ccc(-c2nc([C@@H]3CC(=O)N(c4ccc(Cl)cc4)C3)no2)cc1. The summed E-state index contributed by atoms with van der Waals surface area (Å²) in [5.74, 6) is 1.66. The van der Waals surface area contributed by atoms with Crippen LogP contribution in [0.2, 0.25) is 5.02 Å². The third-order valence-corrected chi connectivity index (χ3v) is 4.66. The number of methoxy groups -OCH3 is 1. The molecule has 0 spiro atoms. The van der Waals surface area contributed by atoms with Gasteiger partial charge in [-0.05, 0) is 48.5 Å². The standard InChI is InChI=1S/C19H16ClN3O3/c1-25-16-8-2-12(3-9-16)19-21-18(22-26-19)13-10-17(24)23(11-13)15-6-4-14(20)5-7-15/h2-9,13H,10-11H2,1H3/t13-/m1/s1. The molecular weight excluding hydrogens is 354 g/mol. The summed E-state index contributed by atoms with van der Waals surface area (Å²) >= 11 is 5.92. The van der Waals surface area contributed by atoms with Gasteiger partial charge >= 0.3 is 0 Å². The summed E-state index contributed by atoms with van der Waals surface area (Å²) in [6.07, 6.45) is 0.351. The molecule has 1 fully saturated rings. The Bertz CT molecular complexity index is 922. The molecule has 0 N–H and O–H groups in total. The molecule has 1 amide bonds. The van der Waals surface area contributed by atoms with Crippen molar-refractivity contribution in [3.05, 3.63) is 59.4 Å². The number of anilines is 1. The van der Waals surface area contributed by atoms with Gasteiger partial charge in [0.05, 0.1) is 7.11 Å². The van der Waals surface area contributed by atoms with E-state index >= 15 is 0 Å². The number of ether oxygens (including phenoxy) is 1. The molecule has 6 nitrogen and oxygen atoms in total. The van der Waals surface area contributed by atoms with Crippen molar-refractivity contribution in [3.8, 4) is 17.2 Å². The van der Waals surface area contributed by atoms with Crippen LogP contribution in [0.25, 0.3) is 11.5 Å². The van der Waals surface area contributed by atoms with E-state index < -0.39 is 0 Å². The molecule has 0 bridgehead atoms. The summed E-state index contributed by atoms with van der Waals surface area (Å²) in [5.41, 5.74) is 1.63. The Morgan fingerprint density at radius 3 is 2.58 bits per heavy atom. The molecule has 1 aliphatic rings. The van der Waals surface area contributed by atoms with E-state index in [1.54, 1.807) is 24.1 Å². The number of hydrogen-bond donors (Lipinski definition) is 0. The van der Waals surface area contributed by atoms with E-state index in [1.165, 1.54) is 0 Å². The van der Waals surface area contributed by atoms with Crippen LogP contribution in [0.3, 0.4) is 0 Å². The van der Waals surface area contributed by atoms with E-state index in [1.807, 2.05) is 36.4 Å². The molecule has 0 aliphatic carbocycles. The lowest BCUT2D eigenvalue weighted by Crippen LogP contribution is -2.24. The number of amides is 1. The molecule has 26 heavy (non-hydrogen) atoms. The van der Waals surface area contributed by atoms with Crippen molar-refractivity contribution in [2.45, 2.75) is 12.3 Å². The third-order valence-electron chi connectivity index (χ3n) is 4.41. The van der Waals surface area contributed by atoms with Crippen molar-refractivity contribution in [1.29, 1.82) is 0 Å². The van der Waals surface area contributed by atoms with Gasteiger partial charge in [-0.3, -0.25) is 4.79 Å². The maximum atomic E-state index is 12.4. The molecule has 3 aromatic rings. The number of rotatable bonds is 4. The quantitative estimate of drug-likeness (QED) is 0.697. The number of carbonyl (C=O) groups excluding carboxylic acids is 1. The Morgan fingerprint density at radius 1 is 1.15 bits per heavy atom. The van der Waals surface area contributed by atoms with E-state index in [-0.39, 0.29) is 11.8 Å².